The minimum atomic E-state index is -0.784. The van der Waals surface area contributed by atoms with E-state index in [0.29, 0.717) is 12.3 Å². The van der Waals surface area contributed by atoms with E-state index in [4.69, 9.17) is 0 Å². The van der Waals surface area contributed by atoms with E-state index in [1.54, 1.807) is 6.26 Å². The molecule has 1 N–H and O–H groups in total. The first-order valence-corrected chi connectivity index (χ1v) is 4.99. The maximum absolute atomic E-state index is 11.6. The second kappa shape index (κ2) is 5.80. The lowest BCUT2D eigenvalue weighted by atomic mass is 10.4. The average Bonchev–Trinajstić information content (AvgIpc) is 1.82. The third-order valence-electron chi connectivity index (χ3n) is 1.07. The standard InChI is InChI=1S/C6H14FNOS/c1-6(5-10(2)9)8-4-3-7/h6,8H,3-5H2,1-2H3. The van der Waals surface area contributed by atoms with Gasteiger partial charge in [0.2, 0.25) is 0 Å². The summed E-state index contributed by atoms with van der Waals surface area (Å²) in [7, 11) is -0.784. The van der Waals surface area contributed by atoms with Gasteiger partial charge in [-0.15, -0.1) is 0 Å². The summed E-state index contributed by atoms with van der Waals surface area (Å²) in [5.74, 6) is 0.597. The molecule has 2 nitrogen and oxygen atoms in total. The zero-order valence-electron chi connectivity index (χ0n) is 6.39. The highest BCUT2D eigenvalue weighted by Crippen LogP contribution is 1.84. The van der Waals surface area contributed by atoms with E-state index in [1.807, 2.05) is 6.92 Å². The van der Waals surface area contributed by atoms with E-state index in [9.17, 15) is 8.60 Å². The van der Waals surface area contributed by atoms with Gasteiger partial charge in [-0.3, -0.25) is 4.21 Å². The average molecular weight is 167 g/mol. The van der Waals surface area contributed by atoms with Crippen molar-refractivity contribution in [2.24, 2.45) is 0 Å². The number of hydrogen-bond acceptors (Lipinski definition) is 2. The van der Waals surface area contributed by atoms with Crippen molar-refractivity contribution in [1.82, 2.24) is 5.32 Å². The Labute approximate surface area is 63.7 Å². The van der Waals surface area contributed by atoms with Crippen molar-refractivity contribution >= 4 is 10.8 Å². The van der Waals surface area contributed by atoms with Gasteiger partial charge in [-0.1, -0.05) is 0 Å². The number of rotatable bonds is 5. The molecule has 0 saturated heterocycles. The molecular weight excluding hydrogens is 153 g/mol. The van der Waals surface area contributed by atoms with Gasteiger partial charge in [0.05, 0.1) is 0 Å². The molecule has 0 bridgehead atoms. The number of halogens is 1. The molecule has 0 spiro atoms. The molecule has 0 radical (unpaired) electrons. The summed E-state index contributed by atoms with van der Waals surface area (Å²) < 4.78 is 22.1. The van der Waals surface area contributed by atoms with Crippen molar-refractivity contribution in [2.75, 3.05) is 25.2 Å². The van der Waals surface area contributed by atoms with Crippen molar-refractivity contribution in [3.63, 3.8) is 0 Å². The van der Waals surface area contributed by atoms with Crippen LogP contribution in [-0.2, 0) is 10.8 Å². The molecule has 4 heteroatoms. The molecule has 0 aliphatic carbocycles. The summed E-state index contributed by atoms with van der Waals surface area (Å²) in [5.41, 5.74) is 0. The number of nitrogens with one attached hydrogen (secondary N) is 1. The molecule has 0 amide bonds. The molecule has 0 heterocycles. The lowest BCUT2D eigenvalue weighted by Gasteiger charge is -2.09. The minimum Gasteiger partial charge on any atom is -0.311 e. The summed E-state index contributed by atoms with van der Waals surface area (Å²) in [6.07, 6.45) is 1.65. The molecule has 0 aromatic rings. The quantitative estimate of drug-likeness (QED) is 0.638. The normalized spacial score (nSPS) is 16.7. The summed E-state index contributed by atoms with van der Waals surface area (Å²) in [6, 6.07) is 0.154. The third-order valence-corrected chi connectivity index (χ3v) is 2.04. The van der Waals surface area contributed by atoms with Gasteiger partial charge in [-0.25, -0.2) is 4.39 Å². The molecule has 0 fully saturated rings. The Morgan fingerprint density at radius 3 is 2.70 bits per heavy atom. The summed E-state index contributed by atoms with van der Waals surface area (Å²) in [6.45, 7) is 1.90. The Morgan fingerprint density at radius 1 is 1.70 bits per heavy atom. The molecule has 10 heavy (non-hydrogen) atoms. The van der Waals surface area contributed by atoms with Crippen molar-refractivity contribution < 1.29 is 8.60 Å². The summed E-state index contributed by atoms with van der Waals surface area (Å²) >= 11 is 0. The van der Waals surface area contributed by atoms with Gasteiger partial charge in [0, 0.05) is 35.4 Å². The van der Waals surface area contributed by atoms with Crippen LogP contribution in [0.2, 0.25) is 0 Å². The van der Waals surface area contributed by atoms with E-state index < -0.39 is 10.8 Å². The molecule has 0 aromatic heterocycles. The fraction of sp³-hybridized carbons (Fsp3) is 1.00. The summed E-state index contributed by atoms with van der Waals surface area (Å²) in [5, 5.41) is 2.90. The second-order valence-electron chi connectivity index (χ2n) is 2.28. The zero-order chi connectivity index (χ0) is 7.98. The van der Waals surface area contributed by atoms with Gasteiger partial charge >= 0.3 is 0 Å². The maximum Gasteiger partial charge on any atom is 0.102 e. The second-order valence-corrected chi connectivity index (χ2v) is 3.76. The first kappa shape index (κ1) is 10.0. The Kier molecular flexibility index (Phi) is 5.82. The SMILES string of the molecule is CC(CS(C)=O)NCCF. The molecule has 0 aliphatic heterocycles. The van der Waals surface area contributed by atoms with Crippen molar-refractivity contribution in [2.45, 2.75) is 13.0 Å². The van der Waals surface area contributed by atoms with Crippen LogP contribution in [0.3, 0.4) is 0 Å². The lowest BCUT2D eigenvalue weighted by Crippen LogP contribution is -2.32. The fourth-order valence-corrected chi connectivity index (χ4v) is 1.53. The van der Waals surface area contributed by atoms with Crippen LogP contribution in [0.5, 0.6) is 0 Å². The fourth-order valence-electron chi connectivity index (χ4n) is 0.712. The molecule has 62 valence electrons. The van der Waals surface area contributed by atoms with Crippen LogP contribution in [0, 0.1) is 0 Å². The van der Waals surface area contributed by atoms with E-state index in [2.05, 4.69) is 5.32 Å². The predicted octanol–water partition coefficient (Wildman–Crippen LogP) is 0.312. The lowest BCUT2D eigenvalue weighted by molar-refractivity contribution is 0.449. The minimum absolute atomic E-state index is 0.154. The molecule has 0 aliphatic rings. The first-order chi connectivity index (χ1) is 4.66. The van der Waals surface area contributed by atoms with Gasteiger partial charge in [-0.05, 0) is 6.92 Å². The van der Waals surface area contributed by atoms with Gasteiger partial charge in [0.25, 0.3) is 0 Å². The highest BCUT2D eigenvalue weighted by molar-refractivity contribution is 7.84. The molecule has 2 atom stereocenters. The van der Waals surface area contributed by atoms with E-state index in [-0.39, 0.29) is 12.7 Å². The Hall–Kier alpha value is 0.0400. The highest BCUT2D eigenvalue weighted by atomic mass is 32.2. The van der Waals surface area contributed by atoms with E-state index >= 15 is 0 Å². The van der Waals surface area contributed by atoms with Gasteiger partial charge in [0.1, 0.15) is 6.67 Å². The van der Waals surface area contributed by atoms with Crippen LogP contribution in [0.1, 0.15) is 6.92 Å². The smallest absolute Gasteiger partial charge is 0.102 e. The first-order valence-electron chi connectivity index (χ1n) is 3.26. The highest BCUT2D eigenvalue weighted by Gasteiger charge is 2.01. The van der Waals surface area contributed by atoms with E-state index in [0.717, 1.165) is 0 Å². The topological polar surface area (TPSA) is 29.1 Å². The molecule has 0 saturated carbocycles. The van der Waals surface area contributed by atoms with Crippen LogP contribution < -0.4 is 5.32 Å². The number of hydrogen-bond donors (Lipinski definition) is 1. The predicted molar refractivity (Wildman–Crippen MR) is 42.4 cm³/mol. The Balaban J connectivity index is 3.25. The largest absolute Gasteiger partial charge is 0.311 e. The molecule has 0 rings (SSSR count). The van der Waals surface area contributed by atoms with Crippen LogP contribution in [0.4, 0.5) is 4.39 Å². The monoisotopic (exact) mass is 167 g/mol. The maximum atomic E-state index is 11.6. The van der Waals surface area contributed by atoms with Crippen LogP contribution in [-0.4, -0.2) is 35.5 Å². The van der Waals surface area contributed by atoms with Crippen molar-refractivity contribution in [3.05, 3.63) is 0 Å². The van der Waals surface area contributed by atoms with Crippen molar-refractivity contribution in [1.29, 1.82) is 0 Å². The molecule has 0 aromatic carbocycles. The Morgan fingerprint density at radius 2 is 2.30 bits per heavy atom. The molecule has 2 unspecified atom stereocenters. The third kappa shape index (κ3) is 6.16. The van der Waals surface area contributed by atoms with Crippen LogP contribution >= 0.6 is 0 Å². The van der Waals surface area contributed by atoms with Gasteiger partial charge in [-0.2, -0.15) is 0 Å². The molecular formula is C6H14FNOS. The van der Waals surface area contributed by atoms with Gasteiger partial charge < -0.3 is 5.32 Å². The zero-order valence-corrected chi connectivity index (χ0v) is 7.21. The summed E-state index contributed by atoms with van der Waals surface area (Å²) in [4.78, 5) is 0. The van der Waals surface area contributed by atoms with Crippen LogP contribution in [0.15, 0.2) is 0 Å². The van der Waals surface area contributed by atoms with Crippen molar-refractivity contribution in [3.8, 4) is 0 Å². The van der Waals surface area contributed by atoms with Gasteiger partial charge in [0.15, 0.2) is 0 Å². The van der Waals surface area contributed by atoms with E-state index in [1.165, 1.54) is 0 Å². The van der Waals surface area contributed by atoms with Crippen LogP contribution in [0.25, 0.3) is 0 Å². The Bertz CT molecular complexity index is 110. The number of alkyl halides is 1.